The second-order valence-electron chi connectivity index (χ2n) is 4.69. The van der Waals surface area contributed by atoms with Gasteiger partial charge in [-0.3, -0.25) is 13.9 Å². The van der Waals surface area contributed by atoms with Crippen molar-refractivity contribution < 1.29 is 5.11 Å². The van der Waals surface area contributed by atoms with Crippen molar-refractivity contribution in [2.45, 2.75) is 33.2 Å². The van der Waals surface area contributed by atoms with Crippen molar-refractivity contribution >= 4 is 11.5 Å². The number of aliphatic hydroxyl groups is 1. The van der Waals surface area contributed by atoms with E-state index in [2.05, 4.69) is 0 Å². The third kappa shape index (κ3) is 3.04. The van der Waals surface area contributed by atoms with Crippen LogP contribution in [0.5, 0.6) is 0 Å². The molecule has 0 radical (unpaired) electrons. The lowest BCUT2D eigenvalue weighted by Gasteiger charge is -2.25. The van der Waals surface area contributed by atoms with Gasteiger partial charge in [-0.15, -0.1) is 0 Å². The van der Waals surface area contributed by atoms with Crippen molar-refractivity contribution in [2.75, 3.05) is 30.3 Å². The van der Waals surface area contributed by atoms with E-state index in [9.17, 15) is 9.59 Å². The lowest BCUT2D eigenvalue weighted by atomic mass is 10.3. The topological polar surface area (TPSA) is 93.5 Å². The fourth-order valence-corrected chi connectivity index (χ4v) is 2.19. The highest BCUT2D eigenvalue weighted by Crippen LogP contribution is 2.17. The van der Waals surface area contributed by atoms with Crippen LogP contribution in [0.3, 0.4) is 0 Å². The summed E-state index contributed by atoms with van der Waals surface area (Å²) in [4.78, 5) is 26.2. The summed E-state index contributed by atoms with van der Waals surface area (Å²) in [5.41, 5.74) is 5.60. The minimum absolute atomic E-state index is 0.0469. The van der Waals surface area contributed by atoms with Crippen LogP contribution >= 0.6 is 0 Å². The smallest absolute Gasteiger partial charge is 0.332 e. The van der Waals surface area contributed by atoms with Crippen molar-refractivity contribution in [3.63, 3.8) is 0 Å². The van der Waals surface area contributed by atoms with Gasteiger partial charge < -0.3 is 15.7 Å². The first-order valence-electron chi connectivity index (χ1n) is 6.94. The van der Waals surface area contributed by atoms with E-state index < -0.39 is 5.69 Å². The Morgan fingerprint density at radius 1 is 1.30 bits per heavy atom. The molecule has 7 heteroatoms. The average molecular weight is 284 g/mol. The molecule has 0 bridgehead atoms. The molecule has 0 fully saturated rings. The molecule has 0 saturated heterocycles. The van der Waals surface area contributed by atoms with E-state index in [0.29, 0.717) is 31.7 Å². The molecule has 0 atom stereocenters. The van der Waals surface area contributed by atoms with Crippen LogP contribution in [0.15, 0.2) is 9.59 Å². The van der Waals surface area contributed by atoms with E-state index in [1.165, 1.54) is 11.6 Å². The van der Waals surface area contributed by atoms with E-state index in [0.717, 1.165) is 11.0 Å². The molecule has 0 aromatic carbocycles. The predicted octanol–water partition coefficient (Wildman–Crippen LogP) is -0.252. The molecule has 1 aromatic heterocycles. The number of nitrogen functional groups attached to an aromatic ring is 1. The Balaban J connectivity index is 3.45. The molecule has 3 N–H and O–H groups in total. The first kappa shape index (κ1) is 16.3. The van der Waals surface area contributed by atoms with Gasteiger partial charge in [0.15, 0.2) is 0 Å². The zero-order chi connectivity index (χ0) is 15.3. The molecule has 0 saturated carbocycles. The molecule has 1 heterocycles. The average Bonchev–Trinajstić information content (AvgIpc) is 2.45. The summed E-state index contributed by atoms with van der Waals surface area (Å²) in [5.74, 6) is 0.208. The second-order valence-corrected chi connectivity index (χ2v) is 4.69. The normalized spacial score (nSPS) is 10.8. The van der Waals surface area contributed by atoms with Gasteiger partial charge in [0.05, 0.1) is 0 Å². The summed E-state index contributed by atoms with van der Waals surface area (Å²) in [7, 11) is 1.46. The maximum absolute atomic E-state index is 12.3. The summed E-state index contributed by atoms with van der Waals surface area (Å²) >= 11 is 0. The molecular weight excluding hydrogens is 260 g/mol. The Bertz CT molecular complexity index is 562. The third-order valence-corrected chi connectivity index (χ3v) is 3.29. The van der Waals surface area contributed by atoms with Crippen LogP contribution in [0, 0.1) is 0 Å². The summed E-state index contributed by atoms with van der Waals surface area (Å²) in [6.07, 6.45) is 1.30. The number of nitrogens with zero attached hydrogens (tertiary/aromatic N) is 3. The summed E-state index contributed by atoms with van der Waals surface area (Å²) in [6, 6.07) is 0. The van der Waals surface area contributed by atoms with Gasteiger partial charge in [0.25, 0.3) is 5.56 Å². The van der Waals surface area contributed by atoms with Crippen LogP contribution in [0.25, 0.3) is 0 Å². The Hall–Kier alpha value is -1.76. The maximum Gasteiger partial charge on any atom is 0.332 e. The number of anilines is 2. The second kappa shape index (κ2) is 7.14. The zero-order valence-corrected chi connectivity index (χ0v) is 12.4. The largest absolute Gasteiger partial charge is 0.396 e. The molecular formula is C13H24N4O3. The molecule has 20 heavy (non-hydrogen) atoms. The van der Waals surface area contributed by atoms with Crippen molar-refractivity contribution in [3.05, 3.63) is 20.8 Å². The SMILES string of the molecule is CCCn1c(N)c(N(CC)CCCO)c(=O)n(C)c1=O. The molecule has 7 nitrogen and oxygen atoms in total. The van der Waals surface area contributed by atoms with Crippen LogP contribution in [-0.2, 0) is 13.6 Å². The highest BCUT2D eigenvalue weighted by Gasteiger charge is 2.19. The van der Waals surface area contributed by atoms with E-state index >= 15 is 0 Å². The van der Waals surface area contributed by atoms with E-state index in [1.807, 2.05) is 13.8 Å². The number of nitrogens with two attached hydrogens (primary N) is 1. The van der Waals surface area contributed by atoms with Gasteiger partial charge in [0.1, 0.15) is 11.5 Å². The van der Waals surface area contributed by atoms with Gasteiger partial charge in [-0.05, 0) is 19.8 Å². The Kier molecular flexibility index (Phi) is 5.82. The Morgan fingerprint density at radius 3 is 2.45 bits per heavy atom. The third-order valence-electron chi connectivity index (χ3n) is 3.29. The molecule has 0 aliphatic carbocycles. The lowest BCUT2D eigenvalue weighted by Crippen LogP contribution is -2.43. The van der Waals surface area contributed by atoms with Crippen molar-refractivity contribution in [1.29, 1.82) is 0 Å². The summed E-state index contributed by atoms with van der Waals surface area (Å²) in [5, 5.41) is 8.94. The summed E-state index contributed by atoms with van der Waals surface area (Å²) in [6.45, 7) is 5.49. The van der Waals surface area contributed by atoms with Crippen molar-refractivity contribution in [3.8, 4) is 0 Å². The minimum atomic E-state index is -0.392. The first-order chi connectivity index (χ1) is 9.49. The van der Waals surface area contributed by atoms with Crippen LogP contribution in [0.2, 0.25) is 0 Å². The molecule has 0 aliphatic rings. The van der Waals surface area contributed by atoms with E-state index in [1.54, 1.807) is 4.90 Å². The molecule has 0 unspecified atom stereocenters. The minimum Gasteiger partial charge on any atom is -0.396 e. The van der Waals surface area contributed by atoms with Gasteiger partial charge >= 0.3 is 5.69 Å². The maximum atomic E-state index is 12.3. The molecule has 1 rings (SSSR count). The molecule has 114 valence electrons. The number of aromatic nitrogens is 2. The van der Waals surface area contributed by atoms with Crippen molar-refractivity contribution in [2.24, 2.45) is 7.05 Å². The Labute approximate surface area is 118 Å². The monoisotopic (exact) mass is 284 g/mol. The zero-order valence-electron chi connectivity index (χ0n) is 12.4. The van der Waals surface area contributed by atoms with E-state index in [4.69, 9.17) is 10.8 Å². The molecule has 0 spiro atoms. The number of hydrogen-bond donors (Lipinski definition) is 2. The fourth-order valence-electron chi connectivity index (χ4n) is 2.19. The standard InChI is InChI=1S/C13H24N4O3/c1-4-7-17-11(14)10(12(19)15(3)13(17)20)16(5-2)8-6-9-18/h18H,4-9,14H2,1-3H3. The molecule has 0 aliphatic heterocycles. The van der Waals surface area contributed by atoms with E-state index in [-0.39, 0.29) is 18.0 Å². The van der Waals surface area contributed by atoms with Crippen LogP contribution < -0.4 is 21.9 Å². The molecule has 0 amide bonds. The van der Waals surface area contributed by atoms with Gasteiger partial charge in [-0.2, -0.15) is 0 Å². The van der Waals surface area contributed by atoms with Gasteiger partial charge in [-0.1, -0.05) is 6.92 Å². The number of aliphatic hydroxyl groups excluding tert-OH is 1. The first-order valence-corrected chi connectivity index (χ1v) is 6.94. The van der Waals surface area contributed by atoms with Gasteiger partial charge in [-0.25, -0.2) is 4.79 Å². The van der Waals surface area contributed by atoms with Crippen LogP contribution in [0.4, 0.5) is 11.5 Å². The van der Waals surface area contributed by atoms with Gasteiger partial charge in [0.2, 0.25) is 0 Å². The Morgan fingerprint density at radius 2 is 1.95 bits per heavy atom. The van der Waals surface area contributed by atoms with Gasteiger partial charge in [0, 0.05) is 33.3 Å². The quantitative estimate of drug-likeness (QED) is 0.720. The summed E-state index contributed by atoms with van der Waals surface area (Å²) < 4.78 is 2.52. The van der Waals surface area contributed by atoms with Crippen LogP contribution in [-0.4, -0.2) is 33.9 Å². The highest BCUT2D eigenvalue weighted by atomic mass is 16.3. The lowest BCUT2D eigenvalue weighted by molar-refractivity contribution is 0.289. The van der Waals surface area contributed by atoms with Crippen molar-refractivity contribution in [1.82, 2.24) is 9.13 Å². The highest BCUT2D eigenvalue weighted by molar-refractivity contribution is 5.62. The number of rotatable bonds is 7. The van der Waals surface area contributed by atoms with Crippen LogP contribution in [0.1, 0.15) is 26.7 Å². The number of hydrogen-bond acceptors (Lipinski definition) is 5. The fraction of sp³-hybridized carbons (Fsp3) is 0.692. The predicted molar refractivity (Wildman–Crippen MR) is 80.2 cm³/mol. The molecule has 1 aromatic rings.